The minimum atomic E-state index is -3.70. The first-order valence-electron chi connectivity index (χ1n) is 8.77. The minimum absolute atomic E-state index is 0.0607. The van der Waals surface area contributed by atoms with Gasteiger partial charge in [-0.15, -0.1) is 0 Å². The lowest BCUT2D eigenvalue weighted by Crippen LogP contribution is -2.40. The molecule has 1 fully saturated rings. The Kier molecular flexibility index (Phi) is 5.70. The van der Waals surface area contributed by atoms with E-state index in [1.165, 1.54) is 36.4 Å². The first-order chi connectivity index (χ1) is 12.5. The van der Waals surface area contributed by atoms with Crippen LogP contribution < -0.4 is 0 Å². The smallest absolute Gasteiger partial charge is 0.207 e. The van der Waals surface area contributed by atoms with Crippen molar-refractivity contribution in [3.8, 4) is 6.07 Å². The van der Waals surface area contributed by atoms with Crippen molar-refractivity contribution in [3.63, 3.8) is 0 Å². The van der Waals surface area contributed by atoms with Crippen LogP contribution in [-0.2, 0) is 16.6 Å². The van der Waals surface area contributed by atoms with Crippen molar-refractivity contribution in [3.05, 3.63) is 65.5 Å². The second-order valence-corrected chi connectivity index (χ2v) is 8.50. The highest BCUT2D eigenvalue weighted by Gasteiger charge is 2.32. The maximum atomic E-state index is 13.3. The zero-order chi connectivity index (χ0) is 18.6. The molecule has 2 aromatic carbocycles. The first kappa shape index (κ1) is 18.6. The topological polar surface area (TPSA) is 61.2 Å². The van der Waals surface area contributed by atoms with Crippen molar-refractivity contribution in [2.45, 2.75) is 49.6 Å². The molecule has 0 spiro atoms. The molecule has 0 amide bonds. The van der Waals surface area contributed by atoms with Gasteiger partial charge in [-0.2, -0.15) is 9.57 Å². The molecule has 1 saturated carbocycles. The van der Waals surface area contributed by atoms with Gasteiger partial charge in [-0.1, -0.05) is 31.4 Å². The van der Waals surface area contributed by atoms with Crippen LogP contribution in [0, 0.1) is 17.1 Å². The third kappa shape index (κ3) is 4.12. The number of halogens is 1. The van der Waals surface area contributed by atoms with E-state index in [1.807, 2.05) is 6.07 Å². The van der Waals surface area contributed by atoms with Gasteiger partial charge in [0.2, 0.25) is 10.0 Å². The van der Waals surface area contributed by atoms with Crippen LogP contribution in [0.3, 0.4) is 0 Å². The second kappa shape index (κ2) is 7.98. The van der Waals surface area contributed by atoms with Crippen LogP contribution in [0.15, 0.2) is 53.4 Å². The van der Waals surface area contributed by atoms with Crippen molar-refractivity contribution in [1.29, 1.82) is 5.26 Å². The van der Waals surface area contributed by atoms with Gasteiger partial charge in [-0.3, -0.25) is 0 Å². The predicted molar refractivity (Wildman–Crippen MR) is 97.2 cm³/mol. The summed E-state index contributed by atoms with van der Waals surface area (Å²) in [5.74, 6) is -0.340. The van der Waals surface area contributed by atoms with Crippen molar-refractivity contribution < 1.29 is 12.8 Å². The lowest BCUT2D eigenvalue weighted by molar-refractivity contribution is 0.247. The number of hydrogen-bond acceptors (Lipinski definition) is 3. The van der Waals surface area contributed by atoms with Gasteiger partial charge in [0.1, 0.15) is 5.82 Å². The summed E-state index contributed by atoms with van der Waals surface area (Å²) in [5, 5.41) is 8.92. The van der Waals surface area contributed by atoms with Gasteiger partial charge in [0, 0.05) is 12.6 Å². The molecule has 1 aliphatic rings. The molecule has 1 aliphatic carbocycles. The van der Waals surface area contributed by atoms with E-state index in [2.05, 4.69) is 0 Å². The molecule has 0 unspecified atom stereocenters. The molecule has 0 bridgehead atoms. The van der Waals surface area contributed by atoms with E-state index < -0.39 is 10.0 Å². The molecule has 0 N–H and O–H groups in total. The van der Waals surface area contributed by atoms with Crippen molar-refractivity contribution >= 4 is 10.0 Å². The number of nitriles is 1. The van der Waals surface area contributed by atoms with E-state index in [4.69, 9.17) is 5.26 Å². The largest absolute Gasteiger partial charge is 0.243 e. The van der Waals surface area contributed by atoms with Gasteiger partial charge < -0.3 is 0 Å². The summed E-state index contributed by atoms with van der Waals surface area (Å²) in [6.07, 6.45) is 4.80. The van der Waals surface area contributed by atoms with Crippen molar-refractivity contribution in [2.24, 2.45) is 0 Å². The molecule has 0 aliphatic heterocycles. The fraction of sp³-hybridized carbons (Fsp3) is 0.350. The van der Waals surface area contributed by atoms with Crippen LogP contribution in [0.1, 0.15) is 43.2 Å². The molecule has 26 heavy (non-hydrogen) atoms. The van der Waals surface area contributed by atoms with Gasteiger partial charge >= 0.3 is 0 Å². The standard InChI is InChI=1S/C20H21FN2O2S/c21-18-10-6-17(7-11-18)15-23(19-4-2-1-3-5-19)26(24,25)20-12-8-16(14-22)9-13-20/h6-13,19H,1-5,15H2. The van der Waals surface area contributed by atoms with E-state index in [0.29, 0.717) is 5.56 Å². The van der Waals surface area contributed by atoms with E-state index >= 15 is 0 Å². The second-order valence-electron chi connectivity index (χ2n) is 6.60. The van der Waals surface area contributed by atoms with Crippen LogP contribution in [0.5, 0.6) is 0 Å². The Hall–Kier alpha value is -2.23. The zero-order valence-electron chi connectivity index (χ0n) is 14.4. The monoisotopic (exact) mass is 372 g/mol. The van der Waals surface area contributed by atoms with E-state index in [9.17, 15) is 12.8 Å². The molecule has 136 valence electrons. The minimum Gasteiger partial charge on any atom is -0.207 e. The lowest BCUT2D eigenvalue weighted by Gasteiger charge is -2.33. The number of nitrogens with zero attached hydrogens (tertiary/aromatic N) is 2. The molecule has 0 atom stereocenters. The fourth-order valence-corrected chi connectivity index (χ4v) is 5.06. The predicted octanol–water partition coefficient (Wildman–Crippen LogP) is 4.22. The van der Waals surface area contributed by atoms with Crippen LogP contribution in [0.25, 0.3) is 0 Å². The summed E-state index contributed by atoms with van der Waals surface area (Å²) in [6, 6.07) is 13.9. The molecular weight excluding hydrogens is 351 g/mol. The summed E-state index contributed by atoms with van der Waals surface area (Å²) < 4.78 is 41.3. The summed E-state index contributed by atoms with van der Waals surface area (Å²) >= 11 is 0. The van der Waals surface area contributed by atoms with Crippen molar-refractivity contribution in [1.82, 2.24) is 4.31 Å². The Bertz CT molecular complexity index is 881. The fourth-order valence-electron chi connectivity index (χ4n) is 3.39. The normalized spacial score (nSPS) is 15.7. The van der Waals surface area contributed by atoms with E-state index in [1.54, 1.807) is 16.4 Å². The van der Waals surface area contributed by atoms with Gasteiger partial charge in [0.15, 0.2) is 0 Å². The highest BCUT2D eigenvalue weighted by Crippen LogP contribution is 2.29. The van der Waals surface area contributed by atoms with Crippen LogP contribution in [0.4, 0.5) is 4.39 Å². The maximum absolute atomic E-state index is 13.3. The highest BCUT2D eigenvalue weighted by molar-refractivity contribution is 7.89. The van der Waals surface area contributed by atoms with Crippen LogP contribution >= 0.6 is 0 Å². The molecule has 0 aromatic heterocycles. The molecule has 0 radical (unpaired) electrons. The Morgan fingerprint density at radius 3 is 2.19 bits per heavy atom. The molecule has 2 aromatic rings. The zero-order valence-corrected chi connectivity index (χ0v) is 15.3. The number of sulfonamides is 1. The summed E-state index contributed by atoms with van der Waals surface area (Å²) in [7, 11) is -3.70. The number of hydrogen-bond donors (Lipinski definition) is 0. The lowest BCUT2D eigenvalue weighted by atomic mass is 9.95. The van der Waals surface area contributed by atoms with E-state index in [-0.39, 0.29) is 23.3 Å². The third-order valence-electron chi connectivity index (χ3n) is 4.82. The maximum Gasteiger partial charge on any atom is 0.243 e. The molecule has 0 heterocycles. The average Bonchev–Trinajstić information content (AvgIpc) is 2.68. The van der Waals surface area contributed by atoms with Crippen molar-refractivity contribution in [2.75, 3.05) is 0 Å². The van der Waals surface area contributed by atoms with Gasteiger partial charge in [-0.05, 0) is 54.8 Å². The molecule has 6 heteroatoms. The molecule has 0 saturated heterocycles. The molecule has 4 nitrogen and oxygen atoms in total. The van der Waals surface area contributed by atoms with Crippen LogP contribution in [0.2, 0.25) is 0 Å². The summed E-state index contributed by atoms with van der Waals surface area (Å²) in [5.41, 5.74) is 1.18. The quantitative estimate of drug-likeness (QED) is 0.789. The average molecular weight is 372 g/mol. The third-order valence-corrected chi connectivity index (χ3v) is 6.74. The van der Waals surface area contributed by atoms with Crippen LogP contribution in [-0.4, -0.2) is 18.8 Å². The molecular formula is C20H21FN2O2S. The number of rotatable bonds is 5. The highest BCUT2D eigenvalue weighted by atomic mass is 32.2. The SMILES string of the molecule is N#Cc1ccc(S(=O)(=O)N(Cc2ccc(F)cc2)C2CCCCC2)cc1. The van der Waals surface area contributed by atoms with E-state index in [0.717, 1.165) is 37.7 Å². The van der Waals surface area contributed by atoms with Gasteiger partial charge in [0.05, 0.1) is 16.5 Å². The summed E-state index contributed by atoms with van der Waals surface area (Å²) in [4.78, 5) is 0.184. The number of benzene rings is 2. The molecule has 3 rings (SSSR count). The van der Waals surface area contributed by atoms with Gasteiger partial charge in [-0.25, -0.2) is 12.8 Å². The first-order valence-corrected chi connectivity index (χ1v) is 10.2. The Balaban J connectivity index is 1.94. The van der Waals surface area contributed by atoms with Gasteiger partial charge in [0.25, 0.3) is 0 Å². The Morgan fingerprint density at radius 2 is 1.62 bits per heavy atom. The Labute approximate surface area is 153 Å². The summed E-state index contributed by atoms with van der Waals surface area (Å²) in [6.45, 7) is 0.216. The Morgan fingerprint density at radius 1 is 1.00 bits per heavy atom.